The van der Waals surface area contributed by atoms with Crippen molar-refractivity contribution in [3.63, 3.8) is 0 Å². The summed E-state index contributed by atoms with van der Waals surface area (Å²) in [5.74, 6) is -2.64. The van der Waals surface area contributed by atoms with Gasteiger partial charge in [-0.25, -0.2) is 4.79 Å². The first-order valence-corrected chi connectivity index (χ1v) is 15.3. The molecule has 1 rings (SSSR count). The molecule has 0 unspecified atom stereocenters. The number of rotatable bonds is 20. The second-order valence-corrected chi connectivity index (χ2v) is 12.0. The van der Waals surface area contributed by atoms with Crippen molar-refractivity contribution in [1.82, 2.24) is 0 Å². The Balaban J connectivity index is 2.27. The second kappa shape index (κ2) is 17.4. The molecule has 0 radical (unpaired) electrons. The molecule has 0 N–H and O–H groups in total. The van der Waals surface area contributed by atoms with Gasteiger partial charge in [-0.2, -0.15) is 30.4 Å². The van der Waals surface area contributed by atoms with Crippen LogP contribution < -0.4 is 0 Å². The van der Waals surface area contributed by atoms with E-state index in [1.54, 1.807) is 0 Å². The van der Waals surface area contributed by atoms with E-state index >= 15 is 0 Å². The summed E-state index contributed by atoms with van der Waals surface area (Å²) >= 11 is 0. The van der Waals surface area contributed by atoms with Crippen LogP contribution in [0.5, 0.6) is 0 Å². The maximum absolute atomic E-state index is 14.1. The zero-order valence-corrected chi connectivity index (χ0v) is 25.0. The van der Waals surface area contributed by atoms with Gasteiger partial charge in [0.25, 0.3) is 0 Å². The highest BCUT2D eigenvalue weighted by Crippen LogP contribution is 2.28. The first kappa shape index (κ1) is 37.3. The number of carbonyl (C=O) groups excluding carboxylic acids is 2. The van der Waals surface area contributed by atoms with Crippen LogP contribution in [0.2, 0.25) is 0 Å². The fourth-order valence-electron chi connectivity index (χ4n) is 3.47. The smallest absolute Gasteiger partial charge is 0.465 e. The third-order valence-corrected chi connectivity index (χ3v) is 7.60. The van der Waals surface area contributed by atoms with Gasteiger partial charge in [0.05, 0.1) is 18.6 Å². The average Bonchev–Trinajstić information content (AvgIpc) is 2.92. The normalized spacial score (nSPS) is 13.1. The number of hydrogen-bond acceptors (Lipinski definition) is 8. The summed E-state index contributed by atoms with van der Waals surface area (Å²) in [6.07, 6.45) is 3.61. The number of benzene rings is 1. The summed E-state index contributed by atoms with van der Waals surface area (Å²) in [6, 6.07) is 5.61. The summed E-state index contributed by atoms with van der Waals surface area (Å²) < 4.78 is 105. The molecular weight excluding hydrogens is 589 g/mol. The Morgan fingerprint density at radius 3 is 1.60 bits per heavy atom. The Kier molecular flexibility index (Phi) is 15.4. The Morgan fingerprint density at radius 2 is 1.17 bits per heavy atom. The average molecular weight is 630 g/mol. The zero-order chi connectivity index (χ0) is 31.9. The van der Waals surface area contributed by atoms with Crippen molar-refractivity contribution in [2.24, 2.45) is 10.6 Å². The van der Waals surface area contributed by atoms with Crippen LogP contribution in [0.1, 0.15) is 97.0 Å². The monoisotopic (exact) mass is 629 g/mol. The standard InChI is InChI=1S/C28H40F5NO7S/c1-4-26(2,3)24(35)39-20-16-11-9-7-5-6-8-10-12-17-21-40-25(36)28(32,33)42(37,38)41-34-23(27(29,30)31)22-18-14-13-15-19-22/h13-15,18-19H,4-12,16-17,20-21H2,1-3H3/b34-23-. The zero-order valence-electron chi connectivity index (χ0n) is 24.2. The Morgan fingerprint density at radius 1 is 0.738 bits per heavy atom. The van der Waals surface area contributed by atoms with Crippen LogP contribution in [-0.2, 0) is 33.5 Å². The summed E-state index contributed by atoms with van der Waals surface area (Å²) in [5, 5.41) is -2.90. The van der Waals surface area contributed by atoms with Gasteiger partial charge in [-0.15, -0.1) is 0 Å². The molecule has 8 nitrogen and oxygen atoms in total. The molecular formula is C28H40F5NO7S. The van der Waals surface area contributed by atoms with Crippen molar-refractivity contribution in [3.05, 3.63) is 35.9 Å². The predicted octanol–water partition coefficient (Wildman–Crippen LogP) is 7.32. The highest BCUT2D eigenvalue weighted by atomic mass is 32.2. The minimum absolute atomic E-state index is 0.181. The van der Waals surface area contributed by atoms with Crippen molar-refractivity contribution in [2.45, 2.75) is 103 Å². The van der Waals surface area contributed by atoms with Gasteiger partial charge in [0.2, 0.25) is 0 Å². The molecule has 0 amide bonds. The molecule has 0 saturated carbocycles. The Bertz CT molecular complexity index is 1110. The van der Waals surface area contributed by atoms with Crippen LogP contribution in [0, 0.1) is 5.41 Å². The maximum Gasteiger partial charge on any atom is 0.478 e. The minimum atomic E-state index is -6.22. The van der Waals surface area contributed by atoms with E-state index in [4.69, 9.17) is 4.74 Å². The number of ether oxygens (including phenoxy) is 2. The van der Waals surface area contributed by atoms with Gasteiger partial charge in [0.15, 0.2) is 5.71 Å². The molecule has 42 heavy (non-hydrogen) atoms. The van der Waals surface area contributed by atoms with Gasteiger partial charge in [0, 0.05) is 5.56 Å². The molecule has 0 aliphatic rings. The van der Waals surface area contributed by atoms with E-state index in [0.717, 1.165) is 69.9 Å². The van der Waals surface area contributed by atoms with E-state index in [9.17, 15) is 40.0 Å². The lowest BCUT2D eigenvalue weighted by Gasteiger charge is -2.20. The van der Waals surface area contributed by atoms with Gasteiger partial charge in [-0.3, -0.25) is 9.08 Å². The molecule has 240 valence electrons. The number of nitrogens with zero attached hydrogens (tertiary/aromatic N) is 1. The number of oxime groups is 1. The lowest BCUT2D eigenvalue weighted by Crippen LogP contribution is -2.40. The molecule has 0 aromatic heterocycles. The Labute approximate surface area is 244 Å². The summed E-state index contributed by atoms with van der Waals surface area (Å²) in [6.45, 7) is 5.58. The summed E-state index contributed by atoms with van der Waals surface area (Å²) in [7, 11) is -6.22. The van der Waals surface area contributed by atoms with E-state index in [-0.39, 0.29) is 12.4 Å². The van der Waals surface area contributed by atoms with Crippen LogP contribution in [-0.4, -0.2) is 50.7 Å². The van der Waals surface area contributed by atoms with Crippen LogP contribution in [0.25, 0.3) is 0 Å². The van der Waals surface area contributed by atoms with E-state index in [1.165, 1.54) is 18.2 Å². The molecule has 0 bridgehead atoms. The van der Waals surface area contributed by atoms with Crippen molar-refractivity contribution < 1.29 is 53.7 Å². The van der Waals surface area contributed by atoms with Crippen LogP contribution >= 0.6 is 0 Å². The molecule has 1 aromatic rings. The maximum atomic E-state index is 14.1. The first-order valence-electron chi connectivity index (χ1n) is 13.9. The summed E-state index contributed by atoms with van der Waals surface area (Å²) in [5.41, 5.74) is -2.96. The van der Waals surface area contributed by atoms with Crippen molar-refractivity contribution in [3.8, 4) is 0 Å². The SMILES string of the molecule is CCC(C)(C)C(=O)OCCCCCCCCCCCCOC(=O)C(F)(F)S(=O)(=O)O/N=C(/c1ccccc1)C(F)(F)F. The van der Waals surface area contributed by atoms with E-state index < -0.39 is 50.8 Å². The molecule has 0 fully saturated rings. The molecule has 0 atom stereocenters. The number of alkyl halides is 5. The fraction of sp³-hybridized carbons (Fsp3) is 0.679. The third-order valence-electron chi connectivity index (χ3n) is 6.54. The summed E-state index contributed by atoms with van der Waals surface area (Å²) in [4.78, 5) is 23.6. The topological polar surface area (TPSA) is 108 Å². The Hall–Kier alpha value is -2.77. The molecule has 0 heterocycles. The van der Waals surface area contributed by atoms with Gasteiger partial charge >= 0.3 is 33.5 Å². The molecule has 0 spiro atoms. The highest BCUT2D eigenvalue weighted by Gasteiger charge is 2.57. The second-order valence-electron chi connectivity index (χ2n) is 10.4. The van der Waals surface area contributed by atoms with Gasteiger partial charge in [-0.05, 0) is 33.1 Å². The fourth-order valence-corrected chi connectivity index (χ4v) is 4.00. The molecule has 0 aliphatic heterocycles. The molecule has 0 aliphatic carbocycles. The van der Waals surface area contributed by atoms with Crippen molar-refractivity contribution in [1.29, 1.82) is 0 Å². The number of halogens is 5. The predicted molar refractivity (Wildman–Crippen MR) is 146 cm³/mol. The molecule has 1 aromatic carbocycles. The van der Waals surface area contributed by atoms with Crippen LogP contribution in [0.3, 0.4) is 0 Å². The van der Waals surface area contributed by atoms with Gasteiger partial charge in [-0.1, -0.05) is 93.8 Å². The molecule has 0 saturated heterocycles. The third kappa shape index (κ3) is 12.6. The number of hydrogen-bond donors (Lipinski definition) is 0. The van der Waals surface area contributed by atoms with E-state index in [0.29, 0.717) is 13.0 Å². The lowest BCUT2D eigenvalue weighted by molar-refractivity contribution is -0.161. The lowest BCUT2D eigenvalue weighted by atomic mass is 9.91. The van der Waals surface area contributed by atoms with Gasteiger partial charge in [0.1, 0.15) is 0 Å². The van der Waals surface area contributed by atoms with Crippen molar-refractivity contribution in [2.75, 3.05) is 13.2 Å². The largest absolute Gasteiger partial charge is 0.478 e. The number of unbranched alkanes of at least 4 members (excludes halogenated alkanes) is 9. The quantitative estimate of drug-likeness (QED) is 0.0489. The van der Waals surface area contributed by atoms with Gasteiger partial charge < -0.3 is 9.47 Å². The minimum Gasteiger partial charge on any atom is -0.465 e. The number of esters is 2. The first-order chi connectivity index (χ1) is 19.6. The van der Waals surface area contributed by atoms with E-state index in [1.807, 2.05) is 20.8 Å². The number of carbonyl (C=O) groups is 2. The van der Waals surface area contributed by atoms with Crippen LogP contribution in [0.15, 0.2) is 35.5 Å². The van der Waals surface area contributed by atoms with E-state index in [2.05, 4.69) is 14.2 Å². The molecule has 14 heteroatoms. The van der Waals surface area contributed by atoms with Crippen LogP contribution in [0.4, 0.5) is 22.0 Å². The van der Waals surface area contributed by atoms with Crippen molar-refractivity contribution >= 4 is 27.8 Å². The highest BCUT2D eigenvalue weighted by molar-refractivity contribution is 7.88.